The Labute approximate surface area is 265 Å². The van der Waals surface area contributed by atoms with Crippen LogP contribution < -0.4 is 31.2 Å². The molecule has 0 aliphatic heterocycles. The first kappa shape index (κ1) is 32.4. The molecular weight excluding hydrogens is 592 g/mol. The summed E-state index contributed by atoms with van der Waals surface area (Å²) in [4.78, 5) is 52.0. The number of carbonyl (C=O) groups is 4. The number of anilines is 2. The van der Waals surface area contributed by atoms with Gasteiger partial charge in [0.05, 0.1) is 30.7 Å². The molecule has 1 unspecified atom stereocenters. The summed E-state index contributed by atoms with van der Waals surface area (Å²) in [5, 5.41) is 7.73. The van der Waals surface area contributed by atoms with E-state index in [1.165, 1.54) is 38.1 Å². The number of benzene rings is 4. The number of ether oxygens (including phenoxy) is 2. The van der Waals surface area contributed by atoms with E-state index in [4.69, 9.17) is 15.2 Å². The molecule has 1 atom stereocenters. The third kappa shape index (κ3) is 8.52. The Hall–Kier alpha value is -5.55. The molecular formula is C34H32N4O6S. The summed E-state index contributed by atoms with van der Waals surface area (Å²) in [5.74, 6) is -1.18. The first-order valence-electron chi connectivity index (χ1n) is 13.8. The fraction of sp³-hybridized carbons (Fsp3) is 0.118. The van der Waals surface area contributed by atoms with Crippen LogP contribution in [0.15, 0.2) is 108 Å². The van der Waals surface area contributed by atoms with Crippen LogP contribution in [0, 0.1) is 0 Å². The van der Waals surface area contributed by atoms with E-state index in [1.807, 2.05) is 0 Å². The molecule has 0 bridgehead atoms. The van der Waals surface area contributed by atoms with Crippen molar-refractivity contribution in [2.45, 2.75) is 17.1 Å². The standard InChI is InChI=1S/C34H32N4O6S/c1-21(32(40)37-27-17-8-7-16-26(27)31(35)39)45-25-15-10-14-24(20-25)36-34(42)28(38-33(41)22-11-5-4-6-12-22)19-23-13-9-18-29(43-2)30(23)44-3/h4-21H,1-3H3,(H2,35,39)(H,36,42)(H,37,40)(H,38,41)/b28-19+. The maximum atomic E-state index is 13.6. The third-order valence-corrected chi connectivity index (χ3v) is 7.58. The lowest BCUT2D eigenvalue weighted by Gasteiger charge is -2.15. The lowest BCUT2D eigenvalue weighted by Crippen LogP contribution is -2.30. The van der Waals surface area contributed by atoms with Gasteiger partial charge >= 0.3 is 0 Å². The van der Waals surface area contributed by atoms with Crippen molar-refractivity contribution in [3.63, 3.8) is 0 Å². The van der Waals surface area contributed by atoms with E-state index < -0.39 is 23.0 Å². The van der Waals surface area contributed by atoms with Crippen LogP contribution in [0.4, 0.5) is 11.4 Å². The zero-order chi connectivity index (χ0) is 32.3. The monoisotopic (exact) mass is 624 g/mol. The number of carbonyl (C=O) groups excluding carboxylic acids is 4. The van der Waals surface area contributed by atoms with Gasteiger partial charge in [-0.05, 0) is 61.5 Å². The van der Waals surface area contributed by atoms with Gasteiger partial charge in [-0.1, -0.05) is 48.5 Å². The molecule has 5 N–H and O–H groups in total. The van der Waals surface area contributed by atoms with Gasteiger partial charge in [0, 0.05) is 21.7 Å². The number of para-hydroxylation sites is 2. The Bertz CT molecular complexity index is 1740. The minimum Gasteiger partial charge on any atom is -0.493 e. The van der Waals surface area contributed by atoms with Crippen LogP contribution in [0.2, 0.25) is 0 Å². The first-order chi connectivity index (χ1) is 21.7. The molecule has 0 aliphatic carbocycles. The minimum absolute atomic E-state index is 0.0330. The van der Waals surface area contributed by atoms with Gasteiger partial charge in [0.15, 0.2) is 11.5 Å². The molecule has 0 saturated carbocycles. The maximum Gasteiger partial charge on any atom is 0.272 e. The van der Waals surface area contributed by atoms with Crippen LogP contribution in [0.25, 0.3) is 6.08 Å². The predicted octanol–water partition coefficient (Wildman–Crippen LogP) is 5.33. The molecule has 0 heterocycles. The van der Waals surface area contributed by atoms with E-state index in [9.17, 15) is 19.2 Å². The summed E-state index contributed by atoms with van der Waals surface area (Å²) >= 11 is 1.26. The predicted molar refractivity (Wildman–Crippen MR) is 175 cm³/mol. The van der Waals surface area contributed by atoms with Crippen molar-refractivity contribution >= 4 is 52.8 Å². The van der Waals surface area contributed by atoms with Gasteiger partial charge in [-0.25, -0.2) is 0 Å². The van der Waals surface area contributed by atoms with Gasteiger partial charge in [-0.2, -0.15) is 0 Å². The van der Waals surface area contributed by atoms with E-state index in [1.54, 1.807) is 97.9 Å². The van der Waals surface area contributed by atoms with Gasteiger partial charge in [-0.15, -0.1) is 11.8 Å². The van der Waals surface area contributed by atoms with Crippen molar-refractivity contribution in [2.75, 3.05) is 24.9 Å². The molecule has 4 amide bonds. The molecule has 11 heteroatoms. The third-order valence-electron chi connectivity index (χ3n) is 6.49. The zero-order valence-electron chi connectivity index (χ0n) is 24.8. The molecule has 4 aromatic carbocycles. The fourth-order valence-electron chi connectivity index (χ4n) is 4.27. The normalized spacial score (nSPS) is 11.6. The second-order valence-corrected chi connectivity index (χ2v) is 11.0. The molecule has 0 saturated heterocycles. The SMILES string of the molecule is COc1cccc(/C=C(/NC(=O)c2ccccc2)C(=O)Nc2cccc(SC(C)C(=O)Nc3ccccc3C(N)=O)c2)c1OC. The highest BCUT2D eigenvalue weighted by Gasteiger charge is 2.20. The van der Waals surface area contributed by atoms with E-state index in [0.29, 0.717) is 38.9 Å². The van der Waals surface area contributed by atoms with Gasteiger partial charge in [0.1, 0.15) is 5.70 Å². The lowest BCUT2D eigenvalue weighted by molar-refractivity contribution is -0.115. The molecule has 4 rings (SSSR count). The van der Waals surface area contributed by atoms with Gasteiger partial charge < -0.3 is 31.2 Å². The smallest absolute Gasteiger partial charge is 0.272 e. The van der Waals surface area contributed by atoms with E-state index in [-0.39, 0.29) is 17.2 Å². The van der Waals surface area contributed by atoms with E-state index in [0.717, 1.165) is 0 Å². The van der Waals surface area contributed by atoms with Gasteiger partial charge in [0.25, 0.3) is 17.7 Å². The molecule has 4 aromatic rings. The number of amides is 4. The summed E-state index contributed by atoms with van der Waals surface area (Å²) in [6.45, 7) is 1.72. The highest BCUT2D eigenvalue weighted by molar-refractivity contribution is 8.00. The van der Waals surface area contributed by atoms with Crippen LogP contribution in [-0.2, 0) is 9.59 Å². The molecule has 10 nitrogen and oxygen atoms in total. The van der Waals surface area contributed by atoms with Crippen molar-refractivity contribution in [1.29, 1.82) is 0 Å². The summed E-state index contributed by atoms with van der Waals surface area (Å²) in [6.07, 6.45) is 1.51. The lowest BCUT2D eigenvalue weighted by atomic mass is 10.1. The number of primary amides is 1. The van der Waals surface area contributed by atoms with Crippen LogP contribution in [-0.4, -0.2) is 43.1 Å². The van der Waals surface area contributed by atoms with Crippen molar-refractivity contribution < 1.29 is 28.7 Å². The second kappa shape index (κ2) is 15.3. The largest absolute Gasteiger partial charge is 0.493 e. The van der Waals surface area contributed by atoms with Crippen LogP contribution >= 0.6 is 11.8 Å². The minimum atomic E-state index is -0.645. The summed E-state index contributed by atoms with van der Waals surface area (Å²) in [7, 11) is 2.99. The highest BCUT2D eigenvalue weighted by Crippen LogP contribution is 2.32. The Morgan fingerprint density at radius 1 is 0.822 bits per heavy atom. The van der Waals surface area contributed by atoms with Gasteiger partial charge in [-0.3, -0.25) is 19.2 Å². The fourth-order valence-corrected chi connectivity index (χ4v) is 5.19. The van der Waals surface area contributed by atoms with Crippen molar-refractivity contribution in [3.8, 4) is 11.5 Å². The van der Waals surface area contributed by atoms with Crippen LogP contribution in [0.1, 0.15) is 33.2 Å². The molecule has 45 heavy (non-hydrogen) atoms. The van der Waals surface area contributed by atoms with Crippen LogP contribution in [0.5, 0.6) is 11.5 Å². The zero-order valence-corrected chi connectivity index (χ0v) is 25.6. The summed E-state index contributed by atoms with van der Waals surface area (Å²) < 4.78 is 10.9. The average Bonchev–Trinajstić information content (AvgIpc) is 3.04. The van der Waals surface area contributed by atoms with E-state index >= 15 is 0 Å². The first-order valence-corrected chi connectivity index (χ1v) is 14.6. The van der Waals surface area contributed by atoms with Crippen LogP contribution in [0.3, 0.4) is 0 Å². The summed E-state index contributed by atoms with van der Waals surface area (Å²) in [6, 6.07) is 27.2. The number of thioether (sulfide) groups is 1. The summed E-state index contributed by atoms with van der Waals surface area (Å²) in [5.41, 5.74) is 7.25. The Balaban J connectivity index is 1.54. The average molecular weight is 625 g/mol. The number of nitrogens with two attached hydrogens (primary N) is 1. The molecule has 0 radical (unpaired) electrons. The second-order valence-electron chi connectivity index (χ2n) is 9.60. The number of methoxy groups -OCH3 is 2. The number of hydrogen-bond acceptors (Lipinski definition) is 7. The molecule has 0 spiro atoms. The topological polar surface area (TPSA) is 149 Å². The Morgan fingerprint density at radius 2 is 1.53 bits per heavy atom. The van der Waals surface area contributed by atoms with Gasteiger partial charge in [0.2, 0.25) is 5.91 Å². The Morgan fingerprint density at radius 3 is 2.24 bits per heavy atom. The molecule has 0 aliphatic rings. The van der Waals surface area contributed by atoms with Crippen molar-refractivity contribution in [2.24, 2.45) is 5.73 Å². The number of nitrogens with one attached hydrogen (secondary N) is 3. The Kier molecular flexibility index (Phi) is 11.0. The molecule has 0 fully saturated rings. The molecule has 0 aromatic heterocycles. The number of rotatable bonds is 12. The molecule has 230 valence electrons. The van der Waals surface area contributed by atoms with Crippen molar-refractivity contribution in [3.05, 3.63) is 119 Å². The van der Waals surface area contributed by atoms with E-state index in [2.05, 4.69) is 16.0 Å². The maximum absolute atomic E-state index is 13.6. The highest BCUT2D eigenvalue weighted by atomic mass is 32.2. The van der Waals surface area contributed by atoms with Crippen molar-refractivity contribution in [1.82, 2.24) is 5.32 Å². The number of hydrogen-bond donors (Lipinski definition) is 4. The quantitative estimate of drug-likeness (QED) is 0.123.